The number of urea groups is 1. The van der Waals surface area contributed by atoms with Gasteiger partial charge in [0.2, 0.25) is 0 Å². The minimum absolute atomic E-state index is 0.102. The van der Waals surface area contributed by atoms with Crippen LogP contribution in [-0.2, 0) is 20.9 Å². The van der Waals surface area contributed by atoms with Gasteiger partial charge in [0.1, 0.15) is 5.75 Å². The van der Waals surface area contributed by atoms with Crippen molar-refractivity contribution in [3.8, 4) is 5.75 Å². The maximum absolute atomic E-state index is 13.5. The number of carbonyl (C=O) groups excluding carboxylic acids is 3. The van der Waals surface area contributed by atoms with Crippen molar-refractivity contribution in [2.75, 3.05) is 26.8 Å². The summed E-state index contributed by atoms with van der Waals surface area (Å²) in [6, 6.07) is 7.11. The van der Waals surface area contributed by atoms with Gasteiger partial charge in [0.15, 0.2) is 5.78 Å². The molecule has 4 atom stereocenters. The van der Waals surface area contributed by atoms with E-state index in [0.29, 0.717) is 44.4 Å². The molecule has 3 aliphatic rings. The molecule has 8 heteroatoms. The van der Waals surface area contributed by atoms with Gasteiger partial charge < -0.3 is 24.4 Å². The third kappa shape index (κ3) is 8.88. The Morgan fingerprint density at radius 1 is 1.11 bits per heavy atom. The van der Waals surface area contributed by atoms with Gasteiger partial charge in [-0.05, 0) is 62.1 Å². The molecule has 1 aromatic carbocycles. The number of fused-ring (bicyclic) bond motifs is 2. The number of ketones is 1. The van der Waals surface area contributed by atoms with Gasteiger partial charge in [-0.2, -0.15) is 0 Å². The lowest BCUT2D eigenvalue weighted by Crippen LogP contribution is -2.48. The van der Waals surface area contributed by atoms with Crippen molar-refractivity contribution >= 4 is 17.8 Å². The van der Waals surface area contributed by atoms with Gasteiger partial charge in [-0.1, -0.05) is 30.7 Å². The van der Waals surface area contributed by atoms with E-state index in [-0.39, 0.29) is 24.3 Å². The second-order valence-electron chi connectivity index (χ2n) is 10.1. The SMILES string of the molecule is CCOC(C)=O.COc1ccc(CN2CCCCC/C=C\[C@@H]3C[C@H]3CC(=O)[C@@H]3C[C@H](O)CN3C2=O)cc1. The second kappa shape index (κ2) is 14.2. The topological polar surface area (TPSA) is 96.4 Å². The molecule has 0 aromatic heterocycles. The first-order valence-corrected chi connectivity index (χ1v) is 13.5. The van der Waals surface area contributed by atoms with Crippen LogP contribution in [0.2, 0.25) is 0 Å². The number of nitrogens with zero attached hydrogens (tertiary/aromatic N) is 2. The quantitative estimate of drug-likeness (QED) is 0.474. The van der Waals surface area contributed by atoms with Gasteiger partial charge >= 0.3 is 12.0 Å². The average molecular weight is 515 g/mol. The smallest absolute Gasteiger partial charge is 0.321 e. The Hall–Kier alpha value is -2.87. The molecule has 0 unspecified atom stereocenters. The molecule has 0 spiro atoms. The van der Waals surface area contributed by atoms with Crippen LogP contribution in [0.25, 0.3) is 0 Å². The van der Waals surface area contributed by atoms with Crippen molar-refractivity contribution in [1.82, 2.24) is 9.80 Å². The molecule has 1 saturated carbocycles. The maximum Gasteiger partial charge on any atom is 0.321 e. The lowest BCUT2D eigenvalue weighted by molar-refractivity contribution is -0.140. The predicted octanol–water partition coefficient (Wildman–Crippen LogP) is 4.35. The van der Waals surface area contributed by atoms with Crippen molar-refractivity contribution in [2.45, 2.75) is 77.5 Å². The maximum atomic E-state index is 13.5. The van der Waals surface area contributed by atoms with Crippen LogP contribution >= 0.6 is 0 Å². The van der Waals surface area contributed by atoms with Crippen molar-refractivity contribution in [1.29, 1.82) is 0 Å². The lowest BCUT2D eigenvalue weighted by Gasteiger charge is -2.31. The number of hydrogen-bond acceptors (Lipinski definition) is 6. The Bertz CT molecular complexity index is 931. The van der Waals surface area contributed by atoms with Crippen LogP contribution in [-0.4, -0.2) is 71.6 Å². The molecule has 2 heterocycles. The molecule has 4 rings (SSSR count). The molecule has 1 saturated heterocycles. The Morgan fingerprint density at radius 3 is 2.51 bits per heavy atom. The first-order chi connectivity index (χ1) is 17.8. The zero-order valence-electron chi connectivity index (χ0n) is 22.4. The standard InChI is InChI=1S/C25H34N2O4.C4H8O2/c1-31-22-10-8-18(9-11-22)16-26-12-6-4-2-3-5-7-19-13-20(19)14-24(29)23-15-21(28)17-27(23)25(26)30;1-3-6-4(2)5/h5,7-11,19-21,23,28H,2-4,6,12-17H2,1H3;3H2,1-2H3/b7-5-;/t19-,20+,21+,23+;/m1./s1. The van der Waals surface area contributed by atoms with Gasteiger partial charge in [0, 0.05) is 39.4 Å². The monoisotopic (exact) mass is 514 g/mol. The van der Waals surface area contributed by atoms with E-state index in [0.717, 1.165) is 43.4 Å². The molecule has 8 nitrogen and oxygen atoms in total. The largest absolute Gasteiger partial charge is 0.497 e. The van der Waals surface area contributed by atoms with E-state index in [2.05, 4.69) is 16.9 Å². The third-order valence-corrected chi connectivity index (χ3v) is 7.17. The van der Waals surface area contributed by atoms with Gasteiger partial charge in [0.25, 0.3) is 0 Å². The van der Waals surface area contributed by atoms with Crippen molar-refractivity contribution in [2.24, 2.45) is 11.8 Å². The number of allylic oxidation sites excluding steroid dienone is 2. The molecule has 204 valence electrons. The summed E-state index contributed by atoms with van der Waals surface area (Å²) >= 11 is 0. The molecule has 37 heavy (non-hydrogen) atoms. The Balaban J connectivity index is 0.000000568. The van der Waals surface area contributed by atoms with Gasteiger partial charge in [-0.25, -0.2) is 4.79 Å². The number of Topliss-reactive ketones (excluding diaryl/α,β-unsaturated/α-hetero) is 1. The zero-order chi connectivity index (χ0) is 26.8. The van der Waals surface area contributed by atoms with Crippen LogP contribution in [0.4, 0.5) is 4.79 Å². The molecule has 0 radical (unpaired) electrons. The molecule has 2 amide bonds. The fourth-order valence-corrected chi connectivity index (χ4v) is 5.06. The summed E-state index contributed by atoms with van der Waals surface area (Å²) in [5.41, 5.74) is 1.03. The highest BCUT2D eigenvalue weighted by Gasteiger charge is 2.44. The average Bonchev–Trinajstić information content (AvgIpc) is 3.48. The summed E-state index contributed by atoms with van der Waals surface area (Å²) in [5.74, 6) is 1.59. The number of ether oxygens (including phenoxy) is 2. The highest BCUT2D eigenvalue weighted by Crippen LogP contribution is 2.43. The highest BCUT2D eigenvalue weighted by molar-refractivity contribution is 5.89. The fraction of sp³-hybridized carbons (Fsp3) is 0.621. The molecular weight excluding hydrogens is 472 g/mol. The predicted molar refractivity (Wildman–Crippen MR) is 141 cm³/mol. The Kier molecular flexibility index (Phi) is 11.0. The molecular formula is C29H42N2O6. The number of methoxy groups -OCH3 is 1. The number of aliphatic hydroxyl groups is 1. The number of amides is 2. The zero-order valence-corrected chi connectivity index (χ0v) is 22.4. The van der Waals surface area contributed by atoms with Crippen LogP contribution in [0.1, 0.15) is 64.4 Å². The van der Waals surface area contributed by atoms with E-state index in [1.807, 2.05) is 29.2 Å². The summed E-state index contributed by atoms with van der Waals surface area (Å²) in [6.07, 6.45) is 10.0. The molecule has 1 N–H and O–H groups in total. The normalized spacial score (nSPS) is 27.0. The fourth-order valence-electron chi connectivity index (χ4n) is 5.06. The summed E-state index contributed by atoms with van der Waals surface area (Å²) < 4.78 is 9.64. The summed E-state index contributed by atoms with van der Waals surface area (Å²) in [4.78, 5) is 39.9. The van der Waals surface area contributed by atoms with Crippen molar-refractivity contribution in [3.63, 3.8) is 0 Å². The van der Waals surface area contributed by atoms with Crippen LogP contribution in [0, 0.1) is 11.8 Å². The summed E-state index contributed by atoms with van der Waals surface area (Å²) in [5, 5.41) is 10.3. The Morgan fingerprint density at radius 2 is 1.86 bits per heavy atom. The number of hydrogen-bond donors (Lipinski definition) is 1. The summed E-state index contributed by atoms with van der Waals surface area (Å²) in [7, 11) is 1.64. The van der Waals surface area contributed by atoms with E-state index in [4.69, 9.17) is 4.74 Å². The number of esters is 1. The van der Waals surface area contributed by atoms with Gasteiger partial charge in [-0.3, -0.25) is 9.59 Å². The molecule has 2 fully saturated rings. The van der Waals surface area contributed by atoms with Crippen molar-refractivity contribution < 1.29 is 29.0 Å². The first-order valence-electron chi connectivity index (χ1n) is 13.5. The minimum Gasteiger partial charge on any atom is -0.497 e. The van der Waals surface area contributed by atoms with Crippen LogP contribution in [0.3, 0.4) is 0 Å². The van der Waals surface area contributed by atoms with Crippen LogP contribution < -0.4 is 4.74 Å². The van der Waals surface area contributed by atoms with Crippen LogP contribution in [0.5, 0.6) is 5.75 Å². The third-order valence-electron chi connectivity index (χ3n) is 7.17. The van der Waals surface area contributed by atoms with Crippen LogP contribution in [0.15, 0.2) is 36.4 Å². The lowest BCUT2D eigenvalue weighted by atomic mass is 10.0. The van der Waals surface area contributed by atoms with Gasteiger partial charge in [0.05, 0.1) is 25.9 Å². The number of benzene rings is 1. The highest BCUT2D eigenvalue weighted by atomic mass is 16.5. The van der Waals surface area contributed by atoms with E-state index in [9.17, 15) is 19.5 Å². The van der Waals surface area contributed by atoms with E-state index in [1.54, 1.807) is 18.9 Å². The number of carbonyl (C=O) groups is 3. The minimum atomic E-state index is -0.630. The van der Waals surface area contributed by atoms with E-state index >= 15 is 0 Å². The van der Waals surface area contributed by atoms with Gasteiger partial charge in [-0.15, -0.1) is 0 Å². The number of rotatable bonds is 4. The Labute approximate surface area is 220 Å². The first kappa shape index (κ1) is 28.7. The van der Waals surface area contributed by atoms with E-state index < -0.39 is 12.1 Å². The summed E-state index contributed by atoms with van der Waals surface area (Å²) in [6.45, 7) is 5.02. The number of aliphatic hydroxyl groups excluding tert-OH is 1. The molecule has 1 aliphatic carbocycles. The molecule has 0 bridgehead atoms. The van der Waals surface area contributed by atoms with Crippen molar-refractivity contribution in [3.05, 3.63) is 42.0 Å². The molecule has 2 aliphatic heterocycles. The molecule has 1 aromatic rings. The second-order valence-corrected chi connectivity index (χ2v) is 10.1. The van der Waals surface area contributed by atoms with E-state index in [1.165, 1.54) is 6.92 Å².